The molecule has 0 fully saturated rings. The Kier molecular flexibility index (Phi) is 18.2. The van der Waals surface area contributed by atoms with Gasteiger partial charge in [0, 0.05) is 50.6 Å². The van der Waals surface area contributed by atoms with E-state index >= 15 is 0 Å². The Morgan fingerprint density at radius 1 is 0.534 bits per heavy atom. The highest BCUT2D eigenvalue weighted by molar-refractivity contribution is 9.11. The molecule has 0 aliphatic rings. The molecule has 0 saturated carbocycles. The molecule has 2 N–H and O–H groups in total. The summed E-state index contributed by atoms with van der Waals surface area (Å²) in [5, 5.41) is 15.2. The van der Waals surface area contributed by atoms with Crippen LogP contribution in [0, 0.1) is 0 Å². The highest BCUT2D eigenvalue weighted by Gasteiger charge is 2.19. The molecule has 0 bridgehead atoms. The summed E-state index contributed by atoms with van der Waals surface area (Å²) < 4.78 is 35.8. The van der Waals surface area contributed by atoms with Crippen molar-refractivity contribution in [1.29, 1.82) is 0 Å². The van der Waals surface area contributed by atoms with E-state index < -0.39 is 8.25 Å². The number of benzene rings is 4. The highest BCUT2D eigenvalue weighted by atomic mass is 79.9. The van der Waals surface area contributed by atoms with Gasteiger partial charge in [-0.1, -0.05) is 115 Å². The molecular weight excluding hydrogens is 883 g/mol. The van der Waals surface area contributed by atoms with Gasteiger partial charge in [-0.2, -0.15) is 9.97 Å². The second kappa shape index (κ2) is 24.2. The number of unbranched alkanes of at least 4 members (excludes halogenated alkanes) is 2. The minimum absolute atomic E-state index is 0.348. The number of rotatable bonds is 26. The quantitative estimate of drug-likeness (QED) is 0.0397. The standard InChI is InChI=1S/C44H50Br2N6O5P/c45-39-29-35(21-23-37(39)43-49-41(56-51-43)19-9-7-17-33-13-3-1-4-14-33)31-47-25-11-27-54-58(53)55-28-12-26-48-32-36-22-24-38(40(46)30-36)44-50-42(57-52-44)20-10-8-18-34-15-5-2-6-16-34/h1-6,13-16,21-24,29-30,47-48H,7-12,17-20,25-28,31-32H2/q+1. The average Bonchev–Trinajstić information content (AvgIpc) is 3.92. The van der Waals surface area contributed by atoms with Gasteiger partial charge in [0.15, 0.2) is 0 Å². The second-order valence-corrected chi connectivity index (χ2v) is 16.7. The van der Waals surface area contributed by atoms with Crippen LogP contribution in [-0.2, 0) is 52.4 Å². The molecule has 0 unspecified atom stereocenters. The number of nitrogens with one attached hydrogen (secondary N) is 2. The third-order valence-corrected chi connectivity index (χ3v) is 11.5. The molecule has 304 valence electrons. The van der Waals surface area contributed by atoms with Gasteiger partial charge in [-0.25, -0.2) is 0 Å². The summed E-state index contributed by atoms with van der Waals surface area (Å²) in [5.41, 5.74) is 6.72. The van der Waals surface area contributed by atoms with Gasteiger partial charge in [0.05, 0.1) is 0 Å². The van der Waals surface area contributed by atoms with Crippen molar-refractivity contribution in [3.05, 3.63) is 140 Å². The van der Waals surface area contributed by atoms with Crippen LogP contribution in [0.2, 0.25) is 0 Å². The first-order chi connectivity index (χ1) is 28.5. The van der Waals surface area contributed by atoms with Crippen molar-refractivity contribution in [2.24, 2.45) is 0 Å². The molecule has 6 aromatic rings. The van der Waals surface area contributed by atoms with Crippen LogP contribution in [0.25, 0.3) is 22.8 Å². The summed E-state index contributed by atoms with van der Waals surface area (Å²) in [5.74, 6) is 2.49. The fourth-order valence-corrected chi connectivity index (χ4v) is 8.14. The Hall–Kier alpha value is -3.94. The van der Waals surface area contributed by atoms with Crippen molar-refractivity contribution < 1.29 is 22.7 Å². The smallest absolute Gasteiger partial charge is 0.339 e. The molecule has 4 aromatic carbocycles. The molecule has 6 rings (SSSR count). The lowest BCUT2D eigenvalue weighted by Crippen LogP contribution is -2.16. The molecule has 14 heteroatoms. The first kappa shape index (κ1) is 43.6. The average molecular weight is 934 g/mol. The second-order valence-electron chi connectivity index (χ2n) is 14.0. The summed E-state index contributed by atoms with van der Waals surface area (Å²) >= 11 is 7.35. The van der Waals surface area contributed by atoms with Gasteiger partial charge in [-0.3, -0.25) is 0 Å². The number of aromatic nitrogens is 4. The van der Waals surface area contributed by atoms with Gasteiger partial charge >= 0.3 is 8.25 Å². The molecule has 0 saturated heterocycles. The van der Waals surface area contributed by atoms with E-state index in [9.17, 15) is 4.57 Å². The number of nitrogens with zero attached hydrogens (tertiary/aromatic N) is 4. The van der Waals surface area contributed by atoms with Gasteiger partial charge in [-0.15, -0.1) is 9.05 Å². The van der Waals surface area contributed by atoms with E-state index in [1.807, 2.05) is 24.3 Å². The van der Waals surface area contributed by atoms with Crippen molar-refractivity contribution in [3.8, 4) is 22.8 Å². The summed E-state index contributed by atoms with van der Waals surface area (Å²) in [6.07, 6.45) is 9.17. The van der Waals surface area contributed by atoms with E-state index in [1.165, 1.54) is 11.1 Å². The van der Waals surface area contributed by atoms with Crippen molar-refractivity contribution in [2.45, 2.75) is 77.3 Å². The number of aryl methyl sites for hydroxylation is 4. The first-order valence-electron chi connectivity index (χ1n) is 20.0. The molecule has 0 atom stereocenters. The lowest BCUT2D eigenvalue weighted by atomic mass is 10.1. The van der Waals surface area contributed by atoms with E-state index in [1.54, 1.807) is 0 Å². The molecular formula is C44H50Br2N6O5P+. The Balaban J connectivity index is 0.774. The summed E-state index contributed by atoms with van der Waals surface area (Å²) in [4.78, 5) is 9.23. The molecule has 58 heavy (non-hydrogen) atoms. The summed E-state index contributed by atoms with van der Waals surface area (Å²) in [7, 11) is -2.15. The maximum Gasteiger partial charge on any atom is 0.697 e. The van der Waals surface area contributed by atoms with Crippen molar-refractivity contribution in [3.63, 3.8) is 0 Å². The maximum atomic E-state index is 12.2. The molecule has 2 heterocycles. The number of hydrogen-bond acceptors (Lipinski definition) is 11. The Morgan fingerprint density at radius 2 is 0.966 bits per heavy atom. The lowest BCUT2D eigenvalue weighted by molar-refractivity contribution is 0.220. The largest absolute Gasteiger partial charge is 0.697 e. The zero-order valence-corrected chi connectivity index (χ0v) is 36.7. The monoisotopic (exact) mass is 931 g/mol. The molecule has 0 aliphatic heterocycles. The van der Waals surface area contributed by atoms with Gasteiger partial charge in [0.2, 0.25) is 23.4 Å². The third-order valence-electron chi connectivity index (χ3n) is 9.43. The van der Waals surface area contributed by atoms with Gasteiger partial charge in [-0.05, 0) is 111 Å². The SMILES string of the molecule is O=[P+](OCCCNCc1ccc(-c2noc(CCCCc3ccccc3)n2)c(Br)c1)OCCCNCc1ccc(-c2noc(CCCCc3ccccc3)n2)c(Br)c1. The Morgan fingerprint density at radius 3 is 1.40 bits per heavy atom. The van der Waals surface area contributed by atoms with Crippen molar-refractivity contribution in [1.82, 2.24) is 30.9 Å². The van der Waals surface area contributed by atoms with Gasteiger partial charge in [0.25, 0.3) is 0 Å². The fourth-order valence-electron chi connectivity index (χ4n) is 6.31. The predicted molar refractivity (Wildman–Crippen MR) is 233 cm³/mol. The summed E-state index contributed by atoms with van der Waals surface area (Å²) in [6, 6.07) is 33.2. The molecule has 0 spiro atoms. The van der Waals surface area contributed by atoms with Gasteiger partial charge in [0.1, 0.15) is 13.2 Å². The third kappa shape index (κ3) is 14.7. The van der Waals surface area contributed by atoms with Crippen molar-refractivity contribution in [2.75, 3.05) is 26.3 Å². The van der Waals surface area contributed by atoms with E-state index in [-0.39, 0.29) is 0 Å². The Labute approximate surface area is 358 Å². The Bertz CT molecular complexity index is 1990. The normalized spacial score (nSPS) is 11.3. The summed E-state index contributed by atoms with van der Waals surface area (Å²) in [6.45, 7) is 3.50. The van der Waals surface area contributed by atoms with E-state index in [0.29, 0.717) is 75.7 Å². The minimum Gasteiger partial charge on any atom is -0.339 e. The van der Waals surface area contributed by atoms with Gasteiger partial charge < -0.3 is 19.7 Å². The van der Waals surface area contributed by atoms with Crippen LogP contribution in [-0.4, -0.2) is 46.6 Å². The van der Waals surface area contributed by atoms with Crippen LogP contribution in [0.3, 0.4) is 0 Å². The van der Waals surface area contributed by atoms with Crippen LogP contribution < -0.4 is 10.6 Å². The lowest BCUT2D eigenvalue weighted by Gasteiger charge is -2.06. The van der Waals surface area contributed by atoms with E-state index in [4.69, 9.17) is 18.1 Å². The van der Waals surface area contributed by atoms with Crippen LogP contribution >= 0.6 is 40.1 Å². The molecule has 0 radical (unpaired) electrons. The zero-order valence-electron chi connectivity index (χ0n) is 32.6. The number of hydrogen-bond donors (Lipinski definition) is 2. The van der Waals surface area contributed by atoms with E-state index in [0.717, 1.165) is 82.6 Å². The van der Waals surface area contributed by atoms with Crippen LogP contribution in [0.1, 0.15) is 72.6 Å². The molecule has 11 nitrogen and oxygen atoms in total. The zero-order chi connectivity index (χ0) is 40.2. The van der Waals surface area contributed by atoms with Crippen molar-refractivity contribution >= 4 is 40.1 Å². The van der Waals surface area contributed by atoms with Crippen LogP contribution in [0.15, 0.2) is 115 Å². The minimum atomic E-state index is -2.15. The fraction of sp³-hybridized carbons (Fsp3) is 0.364. The predicted octanol–water partition coefficient (Wildman–Crippen LogP) is 10.8. The maximum absolute atomic E-state index is 12.2. The van der Waals surface area contributed by atoms with Crippen LogP contribution in [0.5, 0.6) is 0 Å². The van der Waals surface area contributed by atoms with E-state index in [2.05, 4.69) is 136 Å². The number of halogens is 2. The topological polar surface area (TPSA) is 137 Å². The molecule has 0 amide bonds. The molecule has 0 aliphatic carbocycles. The first-order valence-corrected chi connectivity index (χ1v) is 22.6. The highest BCUT2D eigenvalue weighted by Crippen LogP contribution is 2.29. The molecule has 2 aromatic heterocycles. The van der Waals surface area contributed by atoms with Crippen LogP contribution in [0.4, 0.5) is 0 Å².